The predicted octanol–water partition coefficient (Wildman–Crippen LogP) is 2.88. The van der Waals surface area contributed by atoms with Crippen LogP contribution in [0.3, 0.4) is 0 Å². The number of hydrogen-bond donors (Lipinski definition) is 0. The third-order valence-electron chi connectivity index (χ3n) is 1.62. The largest absolute Gasteiger partial charge is 2.00 e. The molecule has 1 radical (unpaired) electrons. The molecule has 0 bridgehead atoms. The summed E-state index contributed by atoms with van der Waals surface area (Å²) in [6.45, 7) is 2.07. The molecule has 2 aromatic carbocycles. The van der Waals surface area contributed by atoms with Crippen molar-refractivity contribution in [3.05, 3.63) is 54.6 Å². The minimum absolute atomic E-state index is 0. The maximum atomic E-state index is 5.85. The minimum atomic E-state index is -0.697. The molecular weight excluding hydrogens is 252 g/mol. The first kappa shape index (κ1) is 13.7. The Balaban J connectivity index is 0.000000246. The summed E-state index contributed by atoms with van der Waals surface area (Å²) >= 11 is 5.85. The van der Waals surface area contributed by atoms with Crippen LogP contribution in [0.2, 0.25) is 6.55 Å². The third kappa shape index (κ3) is 5.46. The van der Waals surface area contributed by atoms with Crippen molar-refractivity contribution in [2.45, 2.75) is 6.55 Å². The van der Waals surface area contributed by atoms with Gasteiger partial charge in [-0.15, -0.1) is 0 Å². The average molecular weight is 264 g/mol. The zero-order valence-electron chi connectivity index (χ0n) is 7.93. The second-order valence-electron chi connectivity index (χ2n) is 2.67. The molecule has 0 aliphatic rings. The van der Waals surface area contributed by atoms with E-state index >= 15 is 0 Å². The molecule has 0 fully saturated rings. The summed E-state index contributed by atoms with van der Waals surface area (Å²) in [5.41, 5.74) is 0. The zero-order chi connectivity index (χ0) is 9.52. The van der Waals surface area contributed by atoms with Gasteiger partial charge in [-0.1, -0.05) is 6.55 Å². The molecule has 2 aromatic rings. The normalized spacial score (nSPS) is 8.79. The standard InChI is InChI=1S/C6H7ClSi.C5H5.Fe/c1-8(7)6-4-2-3-5-6;1-2-4-5-3-1;/h2-5H,1H3;1-5H;/q2*-1;+2. The maximum Gasteiger partial charge on any atom is 2.00 e. The van der Waals surface area contributed by atoms with Crippen LogP contribution in [-0.4, -0.2) is 8.11 Å². The second-order valence-corrected chi connectivity index (χ2v) is 6.01. The molecule has 2 rings (SSSR count). The summed E-state index contributed by atoms with van der Waals surface area (Å²) in [5.74, 6) is 0. The fraction of sp³-hybridized carbons (Fsp3) is 0.0909. The van der Waals surface area contributed by atoms with Crippen molar-refractivity contribution < 1.29 is 17.1 Å². The summed E-state index contributed by atoms with van der Waals surface area (Å²) in [4.78, 5) is 0. The summed E-state index contributed by atoms with van der Waals surface area (Å²) < 4.78 is 0. The molecule has 0 unspecified atom stereocenters. The Hall–Kier alpha value is -0.274. The van der Waals surface area contributed by atoms with E-state index in [0.29, 0.717) is 0 Å². The molecule has 0 amide bonds. The van der Waals surface area contributed by atoms with E-state index in [1.165, 1.54) is 5.19 Å². The first-order valence-electron chi connectivity index (χ1n) is 4.18. The Kier molecular flexibility index (Phi) is 7.91. The van der Waals surface area contributed by atoms with Gasteiger partial charge in [-0.3, -0.25) is 0 Å². The molecular formula is C11H12ClFeSi. The van der Waals surface area contributed by atoms with E-state index in [1.807, 2.05) is 42.5 Å². The van der Waals surface area contributed by atoms with E-state index in [-0.39, 0.29) is 17.1 Å². The van der Waals surface area contributed by atoms with Crippen LogP contribution in [0.15, 0.2) is 54.6 Å². The van der Waals surface area contributed by atoms with Gasteiger partial charge in [0.1, 0.15) is 0 Å². The average Bonchev–Trinajstić information content (AvgIpc) is 2.82. The second kappa shape index (κ2) is 8.07. The topological polar surface area (TPSA) is 0 Å². The molecule has 0 N–H and O–H groups in total. The fourth-order valence-electron chi connectivity index (χ4n) is 0.924. The third-order valence-corrected chi connectivity index (χ3v) is 3.40. The summed E-state index contributed by atoms with van der Waals surface area (Å²) in [7, 11) is -0.697. The van der Waals surface area contributed by atoms with Gasteiger partial charge in [0, 0.05) is 0 Å². The van der Waals surface area contributed by atoms with Gasteiger partial charge in [0.2, 0.25) is 0 Å². The molecule has 0 aromatic heterocycles. The molecule has 0 saturated heterocycles. The van der Waals surface area contributed by atoms with E-state index < -0.39 is 8.11 Å². The zero-order valence-corrected chi connectivity index (χ0v) is 10.8. The minimum Gasteiger partial charge on any atom is -0.214 e. The molecule has 3 heteroatoms. The summed E-state index contributed by atoms with van der Waals surface area (Å²) in [5, 5.41) is 1.30. The first-order valence-corrected chi connectivity index (χ1v) is 7.19. The Labute approximate surface area is 102 Å². The van der Waals surface area contributed by atoms with Crippen LogP contribution in [0, 0.1) is 0 Å². The van der Waals surface area contributed by atoms with Crippen molar-refractivity contribution in [1.82, 2.24) is 0 Å². The van der Waals surface area contributed by atoms with E-state index in [2.05, 4.69) is 18.7 Å². The Morgan fingerprint density at radius 3 is 2.00 bits per heavy atom. The van der Waals surface area contributed by atoms with Crippen LogP contribution in [0.1, 0.15) is 0 Å². The Bertz CT molecular complexity index is 270. The molecule has 0 nitrogen and oxygen atoms in total. The van der Waals surface area contributed by atoms with Crippen LogP contribution in [-0.2, 0) is 17.1 Å². The van der Waals surface area contributed by atoms with Crippen LogP contribution < -0.4 is 5.19 Å². The number of halogens is 1. The molecule has 75 valence electrons. The summed E-state index contributed by atoms with van der Waals surface area (Å²) in [6.07, 6.45) is 0. The number of rotatable bonds is 1. The van der Waals surface area contributed by atoms with Gasteiger partial charge >= 0.3 is 17.1 Å². The van der Waals surface area contributed by atoms with Crippen molar-refractivity contribution in [3.8, 4) is 0 Å². The van der Waals surface area contributed by atoms with E-state index in [0.717, 1.165) is 0 Å². The quantitative estimate of drug-likeness (QED) is 0.422. The smallest absolute Gasteiger partial charge is 0.214 e. The first-order chi connectivity index (χ1) is 6.30. The monoisotopic (exact) mass is 263 g/mol. The van der Waals surface area contributed by atoms with Gasteiger partial charge in [0.05, 0.1) is 0 Å². The molecule has 0 atom stereocenters. The van der Waals surface area contributed by atoms with Crippen molar-refractivity contribution >= 4 is 24.4 Å². The van der Waals surface area contributed by atoms with Crippen molar-refractivity contribution in [2.75, 3.05) is 0 Å². The van der Waals surface area contributed by atoms with Crippen molar-refractivity contribution in [3.63, 3.8) is 0 Å². The van der Waals surface area contributed by atoms with Crippen LogP contribution >= 0.6 is 11.1 Å². The molecule has 0 aliphatic heterocycles. The molecule has 14 heavy (non-hydrogen) atoms. The van der Waals surface area contributed by atoms with E-state index in [1.54, 1.807) is 0 Å². The molecule has 0 heterocycles. The van der Waals surface area contributed by atoms with Crippen molar-refractivity contribution in [2.24, 2.45) is 0 Å². The van der Waals surface area contributed by atoms with Gasteiger partial charge < -0.3 is 0 Å². The van der Waals surface area contributed by atoms with Crippen LogP contribution in [0.5, 0.6) is 0 Å². The number of hydrogen-bond acceptors (Lipinski definition) is 0. The molecule has 0 aliphatic carbocycles. The van der Waals surface area contributed by atoms with Gasteiger partial charge in [-0.05, 0) is 0 Å². The Morgan fingerprint density at radius 1 is 1.14 bits per heavy atom. The molecule has 0 spiro atoms. The van der Waals surface area contributed by atoms with E-state index in [9.17, 15) is 0 Å². The van der Waals surface area contributed by atoms with Crippen LogP contribution in [0.4, 0.5) is 0 Å². The SMILES string of the molecule is C[Si](Cl)c1ccc[cH-]1.[Fe+2].c1cc[cH-]c1. The maximum absolute atomic E-state index is 5.85. The van der Waals surface area contributed by atoms with Crippen molar-refractivity contribution in [1.29, 1.82) is 0 Å². The molecule has 0 saturated carbocycles. The van der Waals surface area contributed by atoms with Gasteiger partial charge in [-0.2, -0.15) is 46.6 Å². The van der Waals surface area contributed by atoms with E-state index in [4.69, 9.17) is 11.1 Å². The fourth-order valence-corrected chi connectivity index (χ4v) is 1.95. The predicted molar refractivity (Wildman–Crippen MR) is 61.2 cm³/mol. The van der Waals surface area contributed by atoms with Crippen LogP contribution in [0.25, 0.3) is 0 Å². The van der Waals surface area contributed by atoms with Gasteiger partial charge in [0.25, 0.3) is 0 Å². The van der Waals surface area contributed by atoms with Gasteiger partial charge in [-0.25, -0.2) is 24.3 Å². The Morgan fingerprint density at radius 2 is 1.79 bits per heavy atom. The summed E-state index contributed by atoms with van der Waals surface area (Å²) in [6, 6.07) is 18.2. The van der Waals surface area contributed by atoms with Gasteiger partial charge in [0.15, 0.2) is 8.11 Å².